The lowest BCUT2D eigenvalue weighted by atomic mass is 10.0. The molecule has 1 aromatic rings. The maximum absolute atomic E-state index is 12.9. The summed E-state index contributed by atoms with van der Waals surface area (Å²) in [6.45, 7) is 1.52. The molecule has 23 heavy (non-hydrogen) atoms. The maximum atomic E-state index is 12.9. The molecule has 124 valence electrons. The Balaban J connectivity index is 3.05. The second kappa shape index (κ2) is 7.63. The summed E-state index contributed by atoms with van der Waals surface area (Å²) in [5.74, 6) is -2.47. The summed E-state index contributed by atoms with van der Waals surface area (Å²) in [5.41, 5.74) is -1.70. The molecule has 0 aromatic heterocycles. The van der Waals surface area contributed by atoms with Crippen LogP contribution in [0.15, 0.2) is 24.3 Å². The van der Waals surface area contributed by atoms with Crippen molar-refractivity contribution in [3.8, 4) is 6.07 Å². The Morgan fingerprint density at radius 1 is 1.35 bits per heavy atom. The Morgan fingerprint density at radius 3 is 2.48 bits per heavy atom. The number of methoxy groups -OCH3 is 1. The van der Waals surface area contributed by atoms with E-state index in [2.05, 4.69) is 10.1 Å². The van der Waals surface area contributed by atoms with E-state index in [9.17, 15) is 22.8 Å². The second-order valence-electron chi connectivity index (χ2n) is 4.86. The van der Waals surface area contributed by atoms with Crippen LogP contribution in [0, 0.1) is 17.2 Å². The van der Waals surface area contributed by atoms with Crippen molar-refractivity contribution in [1.29, 1.82) is 5.26 Å². The van der Waals surface area contributed by atoms with Crippen LogP contribution >= 0.6 is 0 Å². The fraction of sp³-hybridized carbons (Fsp3) is 0.400. The highest BCUT2D eigenvalue weighted by atomic mass is 19.4. The summed E-state index contributed by atoms with van der Waals surface area (Å²) in [6, 6.07) is 4.92. The van der Waals surface area contributed by atoms with Crippen molar-refractivity contribution >= 4 is 11.9 Å². The van der Waals surface area contributed by atoms with E-state index >= 15 is 0 Å². The molecular weight excluding hydrogens is 313 g/mol. The number of halogens is 3. The van der Waals surface area contributed by atoms with Gasteiger partial charge in [-0.1, -0.05) is 12.1 Å². The predicted molar refractivity (Wildman–Crippen MR) is 74.1 cm³/mol. The SMILES string of the molecule is COC(=O)[C@@H](C[C@@H](C)C#N)NC(=O)c1ccccc1C(F)(F)F. The third-order valence-electron chi connectivity index (χ3n) is 3.08. The van der Waals surface area contributed by atoms with Gasteiger partial charge in [0.2, 0.25) is 0 Å². The van der Waals surface area contributed by atoms with E-state index in [0.29, 0.717) is 0 Å². The quantitative estimate of drug-likeness (QED) is 0.843. The van der Waals surface area contributed by atoms with Crippen LogP contribution in [-0.2, 0) is 15.7 Å². The number of alkyl halides is 3. The van der Waals surface area contributed by atoms with Gasteiger partial charge in [-0.15, -0.1) is 0 Å². The zero-order chi connectivity index (χ0) is 17.6. The molecule has 8 heteroatoms. The monoisotopic (exact) mass is 328 g/mol. The van der Waals surface area contributed by atoms with Gasteiger partial charge in [-0.3, -0.25) is 4.79 Å². The van der Waals surface area contributed by atoms with Crippen molar-refractivity contribution in [3.05, 3.63) is 35.4 Å². The average molecular weight is 328 g/mol. The largest absolute Gasteiger partial charge is 0.467 e. The summed E-state index contributed by atoms with van der Waals surface area (Å²) in [7, 11) is 1.09. The summed E-state index contributed by atoms with van der Waals surface area (Å²) in [4.78, 5) is 23.8. The van der Waals surface area contributed by atoms with Crippen LogP contribution in [-0.4, -0.2) is 25.0 Å². The Bertz CT molecular complexity index is 623. The van der Waals surface area contributed by atoms with E-state index in [1.54, 1.807) is 0 Å². The highest BCUT2D eigenvalue weighted by Gasteiger charge is 2.35. The number of rotatable bonds is 5. The molecule has 0 aliphatic carbocycles. The van der Waals surface area contributed by atoms with Crippen molar-refractivity contribution in [2.24, 2.45) is 5.92 Å². The van der Waals surface area contributed by atoms with Crippen LogP contribution in [0.3, 0.4) is 0 Å². The highest BCUT2D eigenvalue weighted by Crippen LogP contribution is 2.31. The number of nitrogens with zero attached hydrogens (tertiary/aromatic N) is 1. The first kappa shape index (κ1) is 18.5. The van der Waals surface area contributed by atoms with Crippen molar-refractivity contribution in [3.63, 3.8) is 0 Å². The Hall–Kier alpha value is -2.56. The number of esters is 1. The van der Waals surface area contributed by atoms with Crippen LogP contribution in [0.2, 0.25) is 0 Å². The first-order valence-electron chi connectivity index (χ1n) is 6.65. The Morgan fingerprint density at radius 2 is 1.96 bits per heavy atom. The van der Waals surface area contributed by atoms with Crippen molar-refractivity contribution in [1.82, 2.24) is 5.32 Å². The fourth-order valence-corrected chi connectivity index (χ4v) is 1.93. The molecule has 1 rings (SSSR count). The smallest absolute Gasteiger partial charge is 0.417 e. The summed E-state index contributed by atoms with van der Waals surface area (Å²) in [5, 5.41) is 11.0. The molecule has 1 aromatic carbocycles. The molecule has 1 amide bonds. The van der Waals surface area contributed by atoms with E-state index in [1.165, 1.54) is 13.0 Å². The number of nitrogens with one attached hydrogen (secondary N) is 1. The van der Waals surface area contributed by atoms with Gasteiger partial charge in [0.25, 0.3) is 5.91 Å². The van der Waals surface area contributed by atoms with Crippen molar-refractivity contribution in [2.45, 2.75) is 25.6 Å². The van der Waals surface area contributed by atoms with Crippen LogP contribution in [0.1, 0.15) is 29.3 Å². The lowest BCUT2D eigenvalue weighted by Crippen LogP contribution is -2.43. The molecule has 0 bridgehead atoms. The number of ether oxygens (including phenoxy) is 1. The minimum atomic E-state index is -4.70. The Kier molecular flexibility index (Phi) is 6.13. The lowest BCUT2D eigenvalue weighted by molar-refractivity contribution is -0.143. The number of benzene rings is 1. The number of hydrogen-bond donors (Lipinski definition) is 1. The van der Waals surface area contributed by atoms with Crippen LogP contribution in [0.25, 0.3) is 0 Å². The number of amides is 1. The first-order chi connectivity index (χ1) is 10.7. The minimum Gasteiger partial charge on any atom is -0.467 e. The molecule has 1 N–H and O–H groups in total. The van der Waals surface area contributed by atoms with Crippen LogP contribution in [0.5, 0.6) is 0 Å². The second-order valence-corrected chi connectivity index (χ2v) is 4.86. The molecule has 0 heterocycles. The van der Waals surface area contributed by atoms with E-state index < -0.39 is 41.1 Å². The van der Waals surface area contributed by atoms with Crippen LogP contribution in [0.4, 0.5) is 13.2 Å². The number of carbonyl (C=O) groups excluding carboxylic acids is 2. The molecule has 0 fully saturated rings. The van der Waals surface area contributed by atoms with E-state index in [1.807, 2.05) is 6.07 Å². The zero-order valence-corrected chi connectivity index (χ0v) is 12.5. The molecule has 0 unspecified atom stereocenters. The molecule has 0 saturated heterocycles. The Labute approximate surface area is 131 Å². The van der Waals surface area contributed by atoms with Gasteiger partial charge in [-0.25, -0.2) is 4.79 Å². The van der Waals surface area contributed by atoms with Gasteiger partial charge >= 0.3 is 12.1 Å². The first-order valence-corrected chi connectivity index (χ1v) is 6.65. The molecule has 0 radical (unpaired) electrons. The predicted octanol–water partition coefficient (Wildman–Crippen LogP) is 2.53. The van der Waals surface area contributed by atoms with Gasteiger partial charge in [-0.2, -0.15) is 18.4 Å². The number of nitriles is 1. The number of hydrogen-bond acceptors (Lipinski definition) is 4. The van der Waals surface area contributed by atoms with Gasteiger partial charge < -0.3 is 10.1 Å². The van der Waals surface area contributed by atoms with Crippen molar-refractivity contribution < 1.29 is 27.5 Å². The van der Waals surface area contributed by atoms with E-state index in [-0.39, 0.29) is 6.42 Å². The van der Waals surface area contributed by atoms with Crippen LogP contribution < -0.4 is 5.32 Å². The van der Waals surface area contributed by atoms with Gasteiger partial charge in [0.1, 0.15) is 6.04 Å². The van der Waals surface area contributed by atoms with Gasteiger partial charge in [0.15, 0.2) is 0 Å². The van der Waals surface area contributed by atoms with E-state index in [4.69, 9.17) is 5.26 Å². The number of carbonyl (C=O) groups is 2. The topological polar surface area (TPSA) is 79.2 Å². The molecule has 5 nitrogen and oxygen atoms in total. The fourth-order valence-electron chi connectivity index (χ4n) is 1.93. The molecule has 0 saturated carbocycles. The summed E-state index contributed by atoms with van der Waals surface area (Å²) in [6.07, 6.45) is -4.77. The minimum absolute atomic E-state index is 0.0664. The third-order valence-corrected chi connectivity index (χ3v) is 3.08. The van der Waals surface area contributed by atoms with Gasteiger partial charge in [-0.05, 0) is 25.5 Å². The molecule has 0 aliphatic rings. The lowest BCUT2D eigenvalue weighted by Gasteiger charge is -2.19. The van der Waals surface area contributed by atoms with Gasteiger partial charge in [0, 0.05) is 5.92 Å². The highest BCUT2D eigenvalue weighted by molar-refractivity contribution is 5.98. The average Bonchev–Trinajstić information content (AvgIpc) is 2.52. The van der Waals surface area contributed by atoms with Gasteiger partial charge in [0.05, 0.1) is 24.3 Å². The summed E-state index contributed by atoms with van der Waals surface area (Å²) >= 11 is 0. The summed E-state index contributed by atoms with van der Waals surface area (Å²) < 4.78 is 43.3. The zero-order valence-electron chi connectivity index (χ0n) is 12.5. The molecule has 0 aliphatic heterocycles. The molecule has 2 atom stereocenters. The van der Waals surface area contributed by atoms with E-state index in [0.717, 1.165) is 25.3 Å². The van der Waals surface area contributed by atoms with Crippen molar-refractivity contribution in [2.75, 3.05) is 7.11 Å². The molecular formula is C15H15F3N2O3. The third kappa shape index (κ3) is 4.98. The normalized spacial score (nSPS) is 13.6. The standard InChI is InChI=1S/C15H15F3N2O3/c1-9(8-19)7-12(14(22)23-2)20-13(21)10-5-3-4-6-11(10)15(16,17)18/h3-6,9,12H,7H2,1-2H3,(H,20,21)/t9-,12-/m1/s1. The maximum Gasteiger partial charge on any atom is 0.417 e. The molecule has 0 spiro atoms.